The molecule has 0 saturated carbocycles. The van der Waals surface area contributed by atoms with E-state index in [1.165, 1.54) is 0 Å². The largest absolute Gasteiger partial charge is 0.351 e. The van der Waals surface area contributed by atoms with Gasteiger partial charge in [0.2, 0.25) is 0 Å². The fourth-order valence-electron chi connectivity index (χ4n) is 0.121. The Morgan fingerprint density at radius 1 is 1.00 bits per heavy atom. The highest BCUT2D eigenvalue weighted by atomic mass is 16.2. The molecule has 0 aliphatic heterocycles. The molecule has 9 heavy (non-hydrogen) atoms. The first-order valence-electron chi connectivity index (χ1n) is 1.82. The van der Waals surface area contributed by atoms with E-state index in [-0.39, 0.29) is 0 Å². The highest BCUT2D eigenvalue weighted by molar-refractivity contribution is 5.91. The highest BCUT2D eigenvalue weighted by Gasteiger charge is 1.92. The van der Waals surface area contributed by atoms with Gasteiger partial charge in [-0.15, -0.1) is 0 Å². The molecule has 54 valence electrons. The predicted molar refractivity (Wildman–Crippen MR) is 30.7 cm³/mol. The van der Waals surface area contributed by atoms with Gasteiger partial charge in [-0.25, -0.2) is 9.59 Å². The SMILES string of the molecule is NC(=O)NC(N)=O.NN. The lowest BCUT2D eigenvalue weighted by atomic mass is 10.9. The Morgan fingerprint density at radius 3 is 1.22 bits per heavy atom. The summed E-state index contributed by atoms with van der Waals surface area (Å²) in [5, 5.41) is 1.58. The molecule has 7 heteroatoms. The number of amides is 4. The van der Waals surface area contributed by atoms with E-state index in [4.69, 9.17) is 0 Å². The van der Waals surface area contributed by atoms with E-state index in [9.17, 15) is 9.59 Å². The van der Waals surface area contributed by atoms with Crippen LogP contribution in [0.3, 0.4) is 0 Å². The molecule has 7 nitrogen and oxygen atoms in total. The zero-order valence-electron chi connectivity index (χ0n) is 4.63. The number of hydrazine groups is 1. The van der Waals surface area contributed by atoms with Crippen molar-refractivity contribution in [3.63, 3.8) is 0 Å². The summed E-state index contributed by atoms with van der Waals surface area (Å²) < 4.78 is 0. The van der Waals surface area contributed by atoms with E-state index in [0.717, 1.165) is 0 Å². The Labute approximate surface area is 51.3 Å². The molecule has 0 heterocycles. The first-order chi connectivity index (χ1) is 4.13. The van der Waals surface area contributed by atoms with Gasteiger partial charge in [-0.1, -0.05) is 0 Å². The molecule has 0 aliphatic rings. The third-order valence-corrected chi connectivity index (χ3v) is 0.246. The number of carbonyl (C=O) groups is 2. The van der Waals surface area contributed by atoms with Gasteiger partial charge in [-0.05, 0) is 0 Å². The lowest BCUT2D eigenvalue weighted by molar-refractivity contribution is 0.236. The van der Waals surface area contributed by atoms with Crippen LogP contribution in [0.1, 0.15) is 0 Å². The molecule has 0 spiro atoms. The Hall–Kier alpha value is -1.34. The number of hydrogen-bond acceptors (Lipinski definition) is 4. The Morgan fingerprint density at radius 2 is 1.22 bits per heavy atom. The monoisotopic (exact) mass is 135 g/mol. The van der Waals surface area contributed by atoms with Crippen molar-refractivity contribution in [2.45, 2.75) is 0 Å². The van der Waals surface area contributed by atoms with Gasteiger partial charge in [0.25, 0.3) is 0 Å². The van der Waals surface area contributed by atoms with E-state index in [1.807, 2.05) is 0 Å². The minimum atomic E-state index is -0.938. The lowest BCUT2D eigenvalue weighted by Gasteiger charge is -1.88. The third kappa shape index (κ3) is 20.4. The van der Waals surface area contributed by atoms with Crippen LogP contribution in [0.4, 0.5) is 9.59 Å². The van der Waals surface area contributed by atoms with Gasteiger partial charge in [-0.2, -0.15) is 0 Å². The molecular weight excluding hydrogens is 126 g/mol. The second kappa shape index (κ2) is 6.66. The minimum Gasteiger partial charge on any atom is -0.351 e. The molecule has 4 amide bonds. The first kappa shape index (κ1) is 10.6. The number of primary amides is 2. The predicted octanol–water partition coefficient (Wildman–Crippen LogP) is -2.45. The normalized spacial score (nSPS) is 6.44. The summed E-state index contributed by atoms with van der Waals surface area (Å²) in [5.41, 5.74) is 8.88. The van der Waals surface area contributed by atoms with Crippen molar-refractivity contribution in [1.82, 2.24) is 5.32 Å². The molecule has 0 atom stereocenters. The van der Waals surface area contributed by atoms with E-state index in [0.29, 0.717) is 0 Å². The third-order valence-electron chi connectivity index (χ3n) is 0.246. The van der Waals surface area contributed by atoms with Crippen LogP contribution < -0.4 is 28.5 Å². The van der Waals surface area contributed by atoms with Crippen molar-refractivity contribution in [3.8, 4) is 0 Å². The smallest absolute Gasteiger partial charge is 0.320 e. The molecule has 0 fully saturated rings. The van der Waals surface area contributed by atoms with E-state index >= 15 is 0 Å². The van der Waals surface area contributed by atoms with Crippen LogP contribution in [0, 0.1) is 0 Å². The molecule has 0 aromatic heterocycles. The summed E-state index contributed by atoms with van der Waals surface area (Å²) in [6, 6.07) is -1.88. The van der Waals surface area contributed by atoms with Crippen LogP contribution in [0.25, 0.3) is 0 Å². The standard InChI is InChI=1S/C2H5N3O2.H4N2/c3-1(6)5-2(4)7;1-2/h(H5,3,4,5,6,7);1-2H2. The average Bonchev–Trinajstić information content (AvgIpc) is 1.68. The van der Waals surface area contributed by atoms with Crippen molar-refractivity contribution >= 4 is 12.1 Å². The first-order valence-corrected chi connectivity index (χ1v) is 1.82. The van der Waals surface area contributed by atoms with Crippen LogP contribution in [-0.4, -0.2) is 12.1 Å². The molecule has 9 N–H and O–H groups in total. The number of imide groups is 1. The molecule has 0 radical (unpaired) electrons. The highest BCUT2D eigenvalue weighted by Crippen LogP contribution is 1.51. The van der Waals surface area contributed by atoms with Gasteiger partial charge in [-0.3, -0.25) is 17.0 Å². The topological polar surface area (TPSA) is 150 Å². The van der Waals surface area contributed by atoms with E-state index < -0.39 is 12.1 Å². The molecule has 0 aromatic carbocycles. The van der Waals surface area contributed by atoms with Crippen molar-refractivity contribution in [2.75, 3.05) is 0 Å². The summed E-state index contributed by atoms with van der Waals surface area (Å²) in [6.45, 7) is 0. The molecule has 0 rings (SSSR count). The van der Waals surface area contributed by atoms with Gasteiger partial charge >= 0.3 is 12.1 Å². The number of urea groups is 2. The summed E-state index contributed by atoms with van der Waals surface area (Å²) in [5.74, 6) is 8.00. The van der Waals surface area contributed by atoms with E-state index in [2.05, 4.69) is 23.2 Å². The fraction of sp³-hybridized carbons (Fsp3) is 0. The zero-order chi connectivity index (χ0) is 7.86. The Kier molecular flexibility index (Phi) is 7.85. The fourth-order valence-corrected chi connectivity index (χ4v) is 0.121. The van der Waals surface area contributed by atoms with Gasteiger partial charge in [0.1, 0.15) is 0 Å². The number of nitrogens with two attached hydrogens (primary N) is 4. The Balaban J connectivity index is 0. The molecule has 0 saturated heterocycles. The zero-order valence-corrected chi connectivity index (χ0v) is 4.63. The van der Waals surface area contributed by atoms with Crippen molar-refractivity contribution in [1.29, 1.82) is 0 Å². The lowest BCUT2D eigenvalue weighted by Crippen LogP contribution is -2.38. The van der Waals surface area contributed by atoms with Crippen LogP contribution in [0.5, 0.6) is 0 Å². The van der Waals surface area contributed by atoms with Crippen LogP contribution in [0.15, 0.2) is 0 Å². The van der Waals surface area contributed by atoms with Crippen LogP contribution in [0.2, 0.25) is 0 Å². The molecular formula is C2H9N5O2. The number of carbonyl (C=O) groups excluding carboxylic acids is 2. The number of nitrogens with one attached hydrogen (secondary N) is 1. The molecule has 0 aliphatic carbocycles. The summed E-state index contributed by atoms with van der Waals surface area (Å²) in [4.78, 5) is 19.2. The van der Waals surface area contributed by atoms with Crippen LogP contribution >= 0.6 is 0 Å². The van der Waals surface area contributed by atoms with E-state index in [1.54, 1.807) is 5.32 Å². The van der Waals surface area contributed by atoms with Gasteiger partial charge < -0.3 is 11.5 Å². The summed E-state index contributed by atoms with van der Waals surface area (Å²) in [6.07, 6.45) is 0. The number of hydrogen-bond donors (Lipinski definition) is 5. The Bertz CT molecular complexity index is 89.1. The maximum atomic E-state index is 9.62. The summed E-state index contributed by atoms with van der Waals surface area (Å²) >= 11 is 0. The minimum absolute atomic E-state index is 0.937. The second-order valence-corrected chi connectivity index (χ2v) is 0.854. The molecule has 0 unspecified atom stereocenters. The second-order valence-electron chi connectivity index (χ2n) is 0.854. The maximum absolute atomic E-state index is 9.62. The van der Waals surface area contributed by atoms with Gasteiger partial charge in [0.15, 0.2) is 0 Å². The quantitative estimate of drug-likeness (QED) is 0.185. The maximum Gasteiger partial charge on any atom is 0.320 e. The van der Waals surface area contributed by atoms with Crippen molar-refractivity contribution in [3.05, 3.63) is 0 Å². The summed E-state index contributed by atoms with van der Waals surface area (Å²) in [7, 11) is 0. The average molecular weight is 135 g/mol. The number of rotatable bonds is 0. The van der Waals surface area contributed by atoms with Crippen molar-refractivity contribution in [2.24, 2.45) is 23.2 Å². The molecule has 0 bridgehead atoms. The molecule has 0 aromatic rings. The van der Waals surface area contributed by atoms with Gasteiger partial charge in [0, 0.05) is 0 Å². The van der Waals surface area contributed by atoms with Crippen molar-refractivity contribution < 1.29 is 9.59 Å². The van der Waals surface area contributed by atoms with Gasteiger partial charge in [0.05, 0.1) is 0 Å². The van der Waals surface area contributed by atoms with Crippen LogP contribution in [-0.2, 0) is 0 Å².